The number of rotatable bonds is 2. The molecule has 0 aliphatic carbocycles. The second-order valence-corrected chi connectivity index (χ2v) is 10.3. The zero-order valence-electron chi connectivity index (χ0n) is 21.6. The second-order valence-electron chi connectivity index (χ2n) is 10.3. The summed E-state index contributed by atoms with van der Waals surface area (Å²) in [5.74, 6) is 2.42. The van der Waals surface area contributed by atoms with Gasteiger partial charge < -0.3 is 18.8 Å². The van der Waals surface area contributed by atoms with Gasteiger partial charge in [-0.3, -0.25) is 0 Å². The van der Waals surface area contributed by atoms with Crippen molar-refractivity contribution in [2.24, 2.45) is 0 Å². The third kappa shape index (κ3) is 3.97. The summed E-state index contributed by atoms with van der Waals surface area (Å²) in [5.41, 5.74) is 6.83. The molecule has 35 heavy (non-hydrogen) atoms. The van der Waals surface area contributed by atoms with Crippen molar-refractivity contribution in [3.63, 3.8) is 0 Å². The number of aromatic nitrogens is 1. The van der Waals surface area contributed by atoms with Gasteiger partial charge in [0.2, 0.25) is 0 Å². The first-order valence-corrected chi connectivity index (χ1v) is 12.1. The molecule has 180 valence electrons. The topological polar surface area (TPSA) is 32.6 Å². The van der Waals surface area contributed by atoms with Gasteiger partial charge in [0.25, 0.3) is 0 Å². The molecule has 1 atom stereocenters. The van der Waals surface area contributed by atoms with E-state index in [1.807, 2.05) is 18.2 Å². The molecule has 0 N–H and O–H groups in total. The van der Waals surface area contributed by atoms with Gasteiger partial charge in [-0.15, -0.1) is 0 Å². The van der Waals surface area contributed by atoms with Crippen molar-refractivity contribution < 1.29 is 14.2 Å². The Hall–Kier alpha value is -3.66. The summed E-state index contributed by atoms with van der Waals surface area (Å²) in [5, 5.41) is 2.28. The van der Waals surface area contributed by atoms with E-state index in [9.17, 15) is 0 Å². The monoisotopic (exact) mass is 467 g/mol. The SMILES string of the molecule is COc1ccc2c(c1)OC(C)n1c3ccc(C(C)(C)C)cc3c3c(OC)ccc(c31)/C=C/C(C)=C\2. The lowest BCUT2D eigenvalue weighted by molar-refractivity contribution is 0.161. The molecule has 0 saturated heterocycles. The molecular weight excluding hydrogens is 434 g/mol. The molecule has 1 aliphatic rings. The normalized spacial score (nSPS) is 18.3. The Labute approximate surface area is 207 Å². The average Bonchev–Trinajstić information content (AvgIpc) is 3.17. The maximum absolute atomic E-state index is 6.67. The van der Waals surface area contributed by atoms with Crippen molar-refractivity contribution in [1.29, 1.82) is 0 Å². The lowest BCUT2D eigenvalue weighted by Gasteiger charge is -2.22. The number of ether oxygens (including phenoxy) is 3. The minimum atomic E-state index is -0.271. The van der Waals surface area contributed by atoms with E-state index in [4.69, 9.17) is 14.2 Å². The first kappa shape index (κ1) is 23.1. The molecule has 2 heterocycles. The largest absolute Gasteiger partial charge is 0.497 e. The first-order chi connectivity index (χ1) is 16.7. The Morgan fingerprint density at radius 1 is 0.886 bits per heavy atom. The summed E-state index contributed by atoms with van der Waals surface area (Å²) in [6, 6.07) is 16.9. The predicted octanol–water partition coefficient (Wildman–Crippen LogP) is 8.14. The molecule has 0 radical (unpaired) electrons. The van der Waals surface area contributed by atoms with Crippen LogP contribution in [0.5, 0.6) is 17.2 Å². The van der Waals surface area contributed by atoms with Gasteiger partial charge in [0.05, 0.1) is 30.6 Å². The minimum absolute atomic E-state index is 0.0354. The van der Waals surface area contributed by atoms with Crippen molar-refractivity contribution in [1.82, 2.24) is 4.57 Å². The quantitative estimate of drug-likeness (QED) is 0.298. The van der Waals surface area contributed by atoms with Crippen LogP contribution in [0.25, 0.3) is 34.0 Å². The Bertz CT molecular complexity index is 1500. The average molecular weight is 468 g/mol. The van der Waals surface area contributed by atoms with Crippen molar-refractivity contribution in [2.75, 3.05) is 14.2 Å². The van der Waals surface area contributed by atoms with Gasteiger partial charge in [-0.1, -0.05) is 44.6 Å². The van der Waals surface area contributed by atoms with Crippen LogP contribution in [0, 0.1) is 0 Å². The van der Waals surface area contributed by atoms with Crippen molar-refractivity contribution in [2.45, 2.75) is 46.3 Å². The molecular formula is C31H33NO3. The molecule has 0 saturated carbocycles. The molecule has 0 fully saturated rings. The fraction of sp³-hybridized carbons (Fsp3) is 0.290. The van der Waals surface area contributed by atoms with Gasteiger partial charge in [0.15, 0.2) is 6.23 Å². The van der Waals surface area contributed by atoms with E-state index >= 15 is 0 Å². The van der Waals surface area contributed by atoms with Crippen molar-refractivity contribution in [3.05, 3.63) is 76.9 Å². The number of benzene rings is 3. The molecule has 1 aliphatic heterocycles. The Morgan fingerprint density at radius 2 is 1.66 bits per heavy atom. The summed E-state index contributed by atoms with van der Waals surface area (Å²) >= 11 is 0. The first-order valence-electron chi connectivity index (χ1n) is 12.1. The molecule has 4 aromatic rings. The number of hydrogen-bond acceptors (Lipinski definition) is 3. The molecule has 5 rings (SSSR count). The number of methoxy groups -OCH3 is 2. The van der Waals surface area contributed by atoms with Crippen LogP contribution >= 0.6 is 0 Å². The Balaban J connectivity index is 1.88. The van der Waals surface area contributed by atoms with Crippen molar-refractivity contribution >= 4 is 34.0 Å². The molecule has 0 amide bonds. The summed E-state index contributed by atoms with van der Waals surface area (Å²) < 4.78 is 20.4. The molecule has 1 unspecified atom stereocenters. The summed E-state index contributed by atoms with van der Waals surface area (Å²) in [4.78, 5) is 0. The highest BCUT2D eigenvalue weighted by Crippen LogP contribution is 2.42. The number of hydrogen-bond donors (Lipinski definition) is 0. The van der Waals surface area contributed by atoms with Gasteiger partial charge in [-0.2, -0.15) is 0 Å². The molecule has 0 spiro atoms. The smallest absolute Gasteiger partial charge is 0.173 e. The van der Waals surface area contributed by atoms with E-state index in [0.717, 1.165) is 50.4 Å². The predicted molar refractivity (Wildman–Crippen MR) is 146 cm³/mol. The molecule has 4 heteroatoms. The summed E-state index contributed by atoms with van der Waals surface area (Å²) in [7, 11) is 3.42. The Morgan fingerprint density at radius 3 is 2.37 bits per heavy atom. The van der Waals surface area contributed by atoms with Crippen LogP contribution in [0.4, 0.5) is 0 Å². The van der Waals surface area contributed by atoms with E-state index in [2.05, 4.69) is 87.7 Å². The molecule has 3 aromatic carbocycles. The van der Waals surface area contributed by atoms with Crippen LogP contribution in [0.1, 0.15) is 57.5 Å². The zero-order valence-corrected chi connectivity index (χ0v) is 21.6. The maximum atomic E-state index is 6.67. The van der Waals surface area contributed by atoms with Crippen LogP contribution in [0.3, 0.4) is 0 Å². The van der Waals surface area contributed by atoms with Crippen LogP contribution in [0.15, 0.2) is 60.2 Å². The summed E-state index contributed by atoms with van der Waals surface area (Å²) in [6.45, 7) is 10.9. The lowest BCUT2D eigenvalue weighted by atomic mass is 9.86. The fourth-order valence-electron chi connectivity index (χ4n) is 4.94. The second kappa shape index (κ2) is 8.53. The number of fused-ring (bicyclic) bond motifs is 4. The Kier molecular flexibility index (Phi) is 5.63. The molecule has 4 nitrogen and oxygen atoms in total. The zero-order chi connectivity index (χ0) is 24.9. The minimum Gasteiger partial charge on any atom is -0.497 e. The number of allylic oxidation sites excluding steroid dienone is 2. The van der Waals surface area contributed by atoms with E-state index in [0.29, 0.717) is 0 Å². The highest BCUT2D eigenvalue weighted by atomic mass is 16.5. The standard InChI is InChI=1S/C31H33NO3/c1-19-8-9-21-11-15-27(34-7)29-25-17-23(31(3,4)5)12-14-26(25)32(30(21)29)20(2)35-28-18-24(33-6)13-10-22(28)16-19/h8-18,20H,1-7H3/b9-8+,19-16-. The van der Waals surface area contributed by atoms with Crippen LogP contribution in [-0.2, 0) is 5.41 Å². The highest BCUT2D eigenvalue weighted by molar-refractivity contribution is 6.14. The third-order valence-electron chi connectivity index (χ3n) is 6.81. The fourth-order valence-corrected chi connectivity index (χ4v) is 4.94. The van der Waals surface area contributed by atoms with Gasteiger partial charge in [-0.25, -0.2) is 0 Å². The highest BCUT2D eigenvalue weighted by Gasteiger charge is 2.24. The number of nitrogens with zero attached hydrogens (tertiary/aromatic N) is 1. The van der Waals surface area contributed by atoms with E-state index in [-0.39, 0.29) is 11.6 Å². The van der Waals surface area contributed by atoms with Gasteiger partial charge in [-0.05, 0) is 72.9 Å². The lowest BCUT2D eigenvalue weighted by Crippen LogP contribution is -2.14. The third-order valence-corrected chi connectivity index (χ3v) is 6.81. The van der Waals surface area contributed by atoms with E-state index in [1.54, 1.807) is 14.2 Å². The molecule has 1 aromatic heterocycles. The van der Waals surface area contributed by atoms with Crippen LogP contribution < -0.4 is 14.2 Å². The van der Waals surface area contributed by atoms with E-state index < -0.39 is 0 Å². The van der Waals surface area contributed by atoms with Crippen LogP contribution in [-0.4, -0.2) is 18.8 Å². The molecule has 0 bridgehead atoms. The van der Waals surface area contributed by atoms with E-state index in [1.165, 1.54) is 10.9 Å². The van der Waals surface area contributed by atoms with Crippen LogP contribution in [0.2, 0.25) is 0 Å². The maximum Gasteiger partial charge on any atom is 0.173 e. The van der Waals surface area contributed by atoms with Crippen molar-refractivity contribution in [3.8, 4) is 17.2 Å². The van der Waals surface area contributed by atoms with Gasteiger partial charge in [0, 0.05) is 17.0 Å². The van der Waals surface area contributed by atoms with Gasteiger partial charge >= 0.3 is 0 Å². The summed E-state index contributed by atoms with van der Waals surface area (Å²) in [6.07, 6.45) is 6.22. The van der Waals surface area contributed by atoms with Gasteiger partial charge in [0.1, 0.15) is 17.2 Å².